The largest absolute Gasteiger partial charge is 0.245 e. The van der Waals surface area contributed by atoms with Crippen molar-refractivity contribution in [3.05, 3.63) is 47.5 Å². The maximum atomic E-state index is 11.2. The molecule has 0 atom stereocenters. The maximum Gasteiger partial charge on any atom is 0.175 e. The molecule has 0 fully saturated rings. The predicted octanol–water partition coefficient (Wildman–Crippen LogP) is 3.44. The maximum absolute atomic E-state index is 11.2. The summed E-state index contributed by atoms with van der Waals surface area (Å²) in [5, 5.41) is 0. The van der Waals surface area contributed by atoms with Gasteiger partial charge in [0, 0.05) is 23.2 Å². The number of aryl methyl sites for hydroxylation is 1. The van der Waals surface area contributed by atoms with Crippen LogP contribution in [0.3, 0.4) is 0 Å². The van der Waals surface area contributed by atoms with Crippen molar-refractivity contribution in [3.8, 4) is 0 Å². The molecule has 1 aliphatic heterocycles. The number of nitrogens with zero attached hydrogens (tertiary/aromatic N) is 1. The minimum Gasteiger partial charge on any atom is -0.245 e. The zero-order valence-electron chi connectivity index (χ0n) is 14.2. The Balaban J connectivity index is 0.000000151. The van der Waals surface area contributed by atoms with Crippen molar-refractivity contribution in [3.63, 3.8) is 0 Å². The monoisotopic (exact) mass is 427 g/mol. The smallest absolute Gasteiger partial charge is 0.175 e. The van der Waals surface area contributed by atoms with Crippen LogP contribution in [0.5, 0.6) is 0 Å². The Hall–Kier alpha value is -1.42. The molecule has 0 N–H and O–H groups in total. The van der Waals surface area contributed by atoms with Crippen LogP contribution in [0, 0.1) is 0 Å². The van der Waals surface area contributed by atoms with E-state index in [1.54, 1.807) is 47.6 Å². The summed E-state index contributed by atoms with van der Waals surface area (Å²) >= 11 is 3.18. The molecule has 0 unspecified atom stereocenters. The standard InChI is InChI=1S/C9H10O2S2.C8H7NO2S2/c1-13(10,11)8-3-2-7-4-5-12-9(7)6-8;1-13(10,11)6-2-3-7-8(4-6)12-5-9-7/h2-3,6H,4-5H2,1H3;2-5H,1H3. The SMILES string of the molecule is CS(=O)(=O)c1ccc2c(c1)SCC2.CS(=O)(=O)c1ccc2ncsc2c1. The highest BCUT2D eigenvalue weighted by atomic mass is 32.2. The topological polar surface area (TPSA) is 81.2 Å². The summed E-state index contributed by atoms with van der Waals surface area (Å²) in [4.78, 5) is 5.98. The van der Waals surface area contributed by atoms with Gasteiger partial charge in [0.15, 0.2) is 19.7 Å². The van der Waals surface area contributed by atoms with Crippen molar-refractivity contribution in [1.82, 2.24) is 4.98 Å². The van der Waals surface area contributed by atoms with Crippen molar-refractivity contribution in [2.24, 2.45) is 0 Å². The molecule has 9 heteroatoms. The normalized spacial score (nSPS) is 13.9. The molecular weight excluding hydrogens is 410 g/mol. The molecule has 1 aromatic heterocycles. The molecule has 1 aliphatic rings. The van der Waals surface area contributed by atoms with Crippen molar-refractivity contribution in [2.75, 3.05) is 18.3 Å². The third-order valence-corrected chi connectivity index (χ3v) is 7.94. The van der Waals surface area contributed by atoms with Crippen LogP contribution in [0.25, 0.3) is 10.2 Å². The van der Waals surface area contributed by atoms with E-state index in [1.807, 2.05) is 6.07 Å². The Morgan fingerprint density at radius 3 is 2.27 bits per heavy atom. The van der Waals surface area contributed by atoms with Crippen LogP contribution in [-0.4, -0.2) is 40.1 Å². The summed E-state index contributed by atoms with van der Waals surface area (Å²) in [6, 6.07) is 10.4. The molecule has 0 aliphatic carbocycles. The van der Waals surface area contributed by atoms with Gasteiger partial charge in [-0.15, -0.1) is 23.1 Å². The first-order chi connectivity index (χ1) is 12.1. The second kappa shape index (κ2) is 7.30. The van der Waals surface area contributed by atoms with Gasteiger partial charge in [0.05, 0.1) is 25.5 Å². The second-order valence-electron chi connectivity index (χ2n) is 5.89. The first-order valence-corrected chi connectivity index (χ1v) is 13.3. The van der Waals surface area contributed by atoms with E-state index in [4.69, 9.17) is 0 Å². The molecule has 138 valence electrons. The highest BCUT2D eigenvalue weighted by Crippen LogP contribution is 2.32. The summed E-state index contributed by atoms with van der Waals surface area (Å²) in [6.07, 6.45) is 3.51. The average molecular weight is 428 g/mol. The van der Waals surface area contributed by atoms with Gasteiger partial charge < -0.3 is 0 Å². The van der Waals surface area contributed by atoms with Gasteiger partial charge >= 0.3 is 0 Å². The zero-order chi connectivity index (χ0) is 18.9. The number of fused-ring (bicyclic) bond motifs is 2. The van der Waals surface area contributed by atoms with E-state index in [-0.39, 0.29) is 0 Å². The summed E-state index contributed by atoms with van der Waals surface area (Å²) in [7, 11) is -6.13. The molecule has 26 heavy (non-hydrogen) atoms. The summed E-state index contributed by atoms with van der Waals surface area (Å²) in [5.41, 5.74) is 3.83. The average Bonchev–Trinajstić information content (AvgIpc) is 3.21. The number of rotatable bonds is 2. The summed E-state index contributed by atoms with van der Waals surface area (Å²) in [5.74, 6) is 1.07. The van der Waals surface area contributed by atoms with E-state index >= 15 is 0 Å². The molecular formula is C17H17NO4S4. The number of hydrogen-bond acceptors (Lipinski definition) is 7. The van der Waals surface area contributed by atoms with Crippen LogP contribution in [-0.2, 0) is 26.1 Å². The molecule has 2 aromatic carbocycles. The van der Waals surface area contributed by atoms with E-state index in [9.17, 15) is 16.8 Å². The van der Waals surface area contributed by atoms with Crippen LogP contribution >= 0.6 is 23.1 Å². The summed E-state index contributed by atoms with van der Waals surface area (Å²) < 4.78 is 45.7. The Morgan fingerprint density at radius 1 is 0.923 bits per heavy atom. The van der Waals surface area contributed by atoms with Crippen LogP contribution < -0.4 is 0 Å². The van der Waals surface area contributed by atoms with Gasteiger partial charge in [-0.3, -0.25) is 0 Å². The number of aromatic nitrogens is 1. The highest BCUT2D eigenvalue weighted by molar-refractivity contribution is 7.99. The van der Waals surface area contributed by atoms with Crippen molar-refractivity contribution in [2.45, 2.75) is 21.1 Å². The minimum absolute atomic E-state index is 0.351. The lowest BCUT2D eigenvalue weighted by molar-refractivity contribution is 0.600. The van der Waals surface area contributed by atoms with Crippen molar-refractivity contribution >= 4 is 53.0 Å². The van der Waals surface area contributed by atoms with Crippen LogP contribution in [0.1, 0.15) is 5.56 Å². The van der Waals surface area contributed by atoms with Gasteiger partial charge in [-0.25, -0.2) is 21.8 Å². The quantitative estimate of drug-likeness (QED) is 0.623. The van der Waals surface area contributed by atoms with Crippen LogP contribution in [0.15, 0.2) is 56.6 Å². The first-order valence-electron chi connectivity index (χ1n) is 7.64. The summed E-state index contributed by atoms with van der Waals surface area (Å²) in [6.45, 7) is 0. The fourth-order valence-corrected chi connectivity index (χ4v) is 5.71. The molecule has 0 saturated heterocycles. The lowest BCUT2D eigenvalue weighted by atomic mass is 10.2. The van der Waals surface area contributed by atoms with Gasteiger partial charge in [0.1, 0.15) is 0 Å². The second-order valence-corrected chi connectivity index (χ2v) is 11.9. The lowest BCUT2D eigenvalue weighted by Gasteiger charge is -2.01. The molecule has 3 aromatic rings. The third-order valence-electron chi connectivity index (χ3n) is 3.83. The van der Waals surface area contributed by atoms with Crippen molar-refractivity contribution < 1.29 is 16.8 Å². The van der Waals surface area contributed by atoms with E-state index in [0.29, 0.717) is 9.79 Å². The number of sulfone groups is 2. The van der Waals surface area contributed by atoms with Gasteiger partial charge in [0.2, 0.25) is 0 Å². The molecule has 0 radical (unpaired) electrons. The van der Waals surface area contributed by atoms with Crippen LogP contribution in [0.2, 0.25) is 0 Å². The van der Waals surface area contributed by atoms with E-state index in [1.165, 1.54) is 29.4 Å². The van der Waals surface area contributed by atoms with Gasteiger partial charge in [-0.05, 0) is 42.3 Å². The fourth-order valence-electron chi connectivity index (χ4n) is 2.44. The third kappa shape index (κ3) is 4.46. The first kappa shape index (κ1) is 19.3. The number of thiazole rings is 1. The van der Waals surface area contributed by atoms with E-state index < -0.39 is 19.7 Å². The van der Waals surface area contributed by atoms with E-state index in [2.05, 4.69) is 4.98 Å². The van der Waals surface area contributed by atoms with Gasteiger partial charge in [-0.2, -0.15) is 0 Å². The highest BCUT2D eigenvalue weighted by Gasteiger charge is 2.15. The Bertz CT molecular complexity index is 1160. The molecule has 0 spiro atoms. The molecule has 2 heterocycles. The van der Waals surface area contributed by atoms with Gasteiger partial charge in [-0.1, -0.05) is 6.07 Å². The number of benzene rings is 2. The molecule has 4 rings (SSSR count). The molecule has 0 saturated carbocycles. The number of thioether (sulfide) groups is 1. The lowest BCUT2D eigenvalue weighted by Crippen LogP contribution is -1.97. The fraction of sp³-hybridized carbons (Fsp3) is 0.235. The van der Waals surface area contributed by atoms with E-state index in [0.717, 1.165) is 27.3 Å². The van der Waals surface area contributed by atoms with Gasteiger partial charge in [0.25, 0.3) is 0 Å². The predicted molar refractivity (Wildman–Crippen MR) is 107 cm³/mol. The van der Waals surface area contributed by atoms with Crippen LogP contribution in [0.4, 0.5) is 0 Å². The van der Waals surface area contributed by atoms with Crippen molar-refractivity contribution in [1.29, 1.82) is 0 Å². The molecule has 0 bridgehead atoms. The minimum atomic E-state index is -3.09. The molecule has 0 amide bonds. The molecule has 5 nitrogen and oxygen atoms in total. The Morgan fingerprint density at radius 2 is 1.58 bits per heavy atom. The number of hydrogen-bond donors (Lipinski definition) is 0. The zero-order valence-corrected chi connectivity index (χ0v) is 17.4. The Kier molecular flexibility index (Phi) is 5.43. The Labute approximate surface area is 161 Å².